The second-order valence-electron chi connectivity index (χ2n) is 26.4. The lowest BCUT2D eigenvalue weighted by Crippen LogP contribution is -2.68. The number of aliphatic hydroxyl groups is 5. The molecule has 105 heavy (non-hydrogen) atoms. The molecule has 27 heteroatoms. The molecule has 0 spiro atoms. The van der Waals surface area contributed by atoms with Crippen molar-refractivity contribution in [1.82, 2.24) is 0 Å². The third-order valence-corrected chi connectivity index (χ3v) is 23.7. The SMILES string of the molecule is CO[C@@H]1[C@@H](OC)[C@@H](O)O[C@H](CO[C@H]2O[C@H](CO[C@H]3O[C@H](CO[Si](c4ccccc4)(c4ccccc4)C(C)(C)C)[C@@H](O)[C@H](O)[C@@H]3OC(=O)c3ccccc3)[C@@H](O)[C@H](O[C@H]3O[C@H](COC(=O)c4ccccc4)[C@@H](OC(=O)c4ccccc4)[C@H](OC(=O)c4ccccc4)[C@@H]3OC(=O)c3ccccc3)[C@@H]2O)[C@H]1OC. The standard InChI is InChI=1S/C78H86O26Si/c1-78(2,3)105(51-38-24-12-25-39-51,52-40-26-13-27-41-52)95-45-54-57(79)59(81)64(101-71(85)48-32-18-9-19-33-48)76(98-54)94-42-53-58(80)63(60(82)75(97-53)93-44-55-61(89-4)65(90-5)67(91-6)74(88)96-55)104-77-68(103-73(87)50-36-22-11-23-37-50)66(102-72(86)49-34-20-10-21-35-49)62(100-70(84)47-30-16-8-17-31-47)56(99-77)43-92-69(83)46-28-14-7-15-29-46/h7-41,53-68,74-77,79-82,88H,42-45H2,1-6H3/t53-,54-,55-,56-,57-,58-,59+,60+,61-,62-,63+,64+,65+,66+,67-,68+,74+,75+,76+,77-/m1/s1. The minimum Gasteiger partial charge on any atom is -0.459 e. The average Bonchev–Trinajstić information content (AvgIpc) is 0.750. The molecule has 0 aliphatic carbocycles. The summed E-state index contributed by atoms with van der Waals surface area (Å²) in [6.45, 7) is 3.60. The Kier molecular flexibility index (Phi) is 26.4. The third-order valence-electron chi connectivity index (χ3n) is 18.7. The monoisotopic (exact) mass is 1470 g/mol. The molecule has 7 aromatic carbocycles. The van der Waals surface area contributed by atoms with Crippen LogP contribution in [0.2, 0.25) is 5.04 Å². The Hall–Kier alpha value is -8.53. The summed E-state index contributed by atoms with van der Waals surface area (Å²) in [5.74, 6) is -4.92. The van der Waals surface area contributed by atoms with Crippen LogP contribution in [0.1, 0.15) is 72.6 Å². The maximum atomic E-state index is 14.7. The molecule has 5 N–H and O–H groups in total. The van der Waals surface area contributed by atoms with Crippen LogP contribution in [0.5, 0.6) is 0 Å². The van der Waals surface area contributed by atoms with Crippen LogP contribution >= 0.6 is 0 Å². The van der Waals surface area contributed by atoms with E-state index >= 15 is 0 Å². The van der Waals surface area contributed by atoms with Crippen LogP contribution < -0.4 is 10.4 Å². The van der Waals surface area contributed by atoms with Crippen molar-refractivity contribution in [2.75, 3.05) is 47.8 Å². The second kappa shape index (κ2) is 35.7. The summed E-state index contributed by atoms with van der Waals surface area (Å²) < 4.78 is 100. The maximum Gasteiger partial charge on any atom is 0.338 e. The van der Waals surface area contributed by atoms with Gasteiger partial charge in [-0.25, -0.2) is 24.0 Å². The van der Waals surface area contributed by atoms with Crippen molar-refractivity contribution in [3.63, 3.8) is 0 Å². The lowest BCUT2D eigenvalue weighted by molar-refractivity contribution is -0.369. The number of ether oxygens (including phenoxy) is 15. The zero-order chi connectivity index (χ0) is 74.4. The van der Waals surface area contributed by atoms with Gasteiger partial charge in [0.2, 0.25) is 0 Å². The molecule has 4 heterocycles. The van der Waals surface area contributed by atoms with Crippen LogP contribution in [0, 0.1) is 0 Å². The van der Waals surface area contributed by atoms with Crippen molar-refractivity contribution >= 4 is 48.5 Å². The first-order valence-corrected chi connectivity index (χ1v) is 36.1. The average molecular weight is 1470 g/mol. The quantitative estimate of drug-likeness (QED) is 0.0253. The molecule has 0 bridgehead atoms. The molecule has 20 atom stereocenters. The number of carbonyl (C=O) groups is 5. The van der Waals surface area contributed by atoms with Crippen molar-refractivity contribution in [1.29, 1.82) is 0 Å². The second-order valence-corrected chi connectivity index (χ2v) is 30.7. The first-order chi connectivity index (χ1) is 50.7. The zero-order valence-electron chi connectivity index (χ0n) is 58.4. The normalized spacial score (nSPS) is 29.2. The Morgan fingerprint density at radius 3 is 1.17 bits per heavy atom. The molecule has 4 saturated heterocycles. The Labute approximate surface area is 607 Å². The molecular weight excluding hydrogens is 1380 g/mol. The fourth-order valence-corrected chi connectivity index (χ4v) is 18.0. The molecule has 0 radical (unpaired) electrons. The van der Waals surface area contributed by atoms with Gasteiger partial charge in [0.1, 0.15) is 79.9 Å². The smallest absolute Gasteiger partial charge is 0.338 e. The molecular formula is C78H86O26Si. The van der Waals surface area contributed by atoms with E-state index in [1.807, 2.05) is 81.4 Å². The highest BCUT2D eigenvalue weighted by Gasteiger charge is 2.59. The summed E-state index contributed by atoms with van der Waals surface area (Å²) in [4.78, 5) is 71.7. The summed E-state index contributed by atoms with van der Waals surface area (Å²) in [7, 11) is 0.663. The topological polar surface area (TPSA) is 334 Å². The van der Waals surface area contributed by atoms with Crippen molar-refractivity contribution in [2.24, 2.45) is 0 Å². The molecule has 4 aliphatic heterocycles. The maximum absolute atomic E-state index is 14.7. The molecule has 558 valence electrons. The lowest BCUT2D eigenvalue weighted by atomic mass is 9.95. The molecule has 0 unspecified atom stereocenters. The molecule has 0 saturated carbocycles. The summed E-state index contributed by atoms with van der Waals surface area (Å²) in [5, 5.41) is 62.7. The van der Waals surface area contributed by atoms with E-state index < -0.39 is 186 Å². The first kappa shape index (κ1) is 77.6. The van der Waals surface area contributed by atoms with E-state index in [9.17, 15) is 49.5 Å². The van der Waals surface area contributed by atoms with Gasteiger partial charge in [0.25, 0.3) is 8.32 Å². The van der Waals surface area contributed by atoms with E-state index in [4.69, 9.17) is 75.5 Å². The van der Waals surface area contributed by atoms with Gasteiger partial charge < -0.3 is 101 Å². The fraction of sp³-hybridized carbons (Fsp3) is 0.397. The number of benzene rings is 7. The van der Waals surface area contributed by atoms with E-state index in [0.717, 1.165) is 10.4 Å². The van der Waals surface area contributed by atoms with Gasteiger partial charge in [0.05, 0.1) is 47.6 Å². The zero-order valence-corrected chi connectivity index (χ0v) is 59.4. The van der Waals surface area contributed by atoms with Gasteiger partial charge in [-0.2, -0.15) is 0 Å². The van der Waals surface area contributed by atoms with Gasteiger partial charge in [-0.05, 0) is 76.1 Å². The highest BCUT2D eigenvalue weighted by molar-refractivity contribution is 6.99. The molecule has 26 nitrogen and oxygen atoms in total. The van der Waals surface area contributed by atoms with Gasteiger partial charge in [-0.15, -0.1) is 0 Å². The van der Waals surface area contributed by atoms with Gasteiger partial charge in [-0.3, -0.25) is 0 Å². The Morgan fingerprint density at radius 1 is 0.343 bits per heavy atom. The van der Waals surface area contributed by atoms with Crippen LogP contribution in [-0.2, 0) is 75.5 Å². The summed E-state index contributed by atoms with van der Waals surface area (Å²) in [6, 6.07) is 57.8. The van der Waals surface area contributed by atoms with Crippen LogP contribution in [-0.4, -0.2) is 234 Å². The third kappa shape index (κ3) is 18.0. The van der Waals surface area contributed by atoms with Gasteiger partial charge >= 0.3 is 29.8 Å². The predicted octanol–water partition coefficient (Wildman–Crippen LogP) is 5.12. The van der Waals surface area contributed by atoms with E-state index in [0.29, 0.717) is 0 Å². The van der Waals surface area contributed by atoms with Crippen molar-refractivity contribution in [2.45, 2.75) is 149 Å². The van der Waals surface area contributed by atoms with Crippen molar-refractivity contribution in [3.05, 3.63) is 240 Å². The molecule has 4 aliphatic rings. The first-order valence-electron chi connectivity index (χ1n) is 34.2. The molecule has 0 aromatic heterocycles. The minimum absolute atomic E-state index is 0.0139. The number of esters is 5. The Balaban J connectivity index is 0.979. The molecule has 11 rings (SSSR count). The summed E-state index contributed by atoms with van der Waals surface area (Å²) in [6.07, 6.45) is -34.4. The number of hydrogen-bond donors (Lipinski definition) is 5. The van der Waals surface area contributed by atoms with E-state index in [-0.39, 0.29) is 34.4 Å². The van der Waals surface area contributed by atoms with Gasteiger partial charge in [-0.1, -0.05) is 172 Å². The number of rotatable bonds is 27. The lowest BCUT2D eigenvalue weighted by Gasteiger charge is -2.48. The van der Waals surface area contributed by atoms with Crippen molar-refractivity contribution in [3.8, 4) is 0 Å². The van der Waals surface area contributed by atoms with Crippen LogP contribution in [0.4, 0.5) is 0 Å². The minimum atomic E-state index is -3.40. The number of methoxy groups -OCH3 is 3. The highest BCUT2D eigenvalue weighted by atomic mass is 28.4. The number of aliphatic hydroxyl groups excluding tert-OH is 5. The molecule has 4 fully saturated rings. The van der Waals surface area contributed by atoms with Crippen molar-refractivity contribution < 1.29 is 125 Å². The number of hydrogen-bond acceptors (Lipinski definition) is 26. The largest absolute Gasteiger partial charge is 0.459 e. The highest BCUT2D eigenvalue weighted by Crippen LogP contribution is 2.40. The molecule has 7 aromatic rings. The fourth-order valence-electron chi connectivity index (χ4n) is 13.4. The number of carbonyl (C=O) groups excluding carboxylic acids is 5. The van der Waals surface area contributed by atoms with Crippen LogP contribution in [0.25, 0.3) is 0 Å². The van der Waals surface area contributed by atoms with E-state index in [1.165, 1.54) is 82.0 Å². The van der Waals surface area contributed by atoms with Crippen LogP contribution in [0.15, 0.2) is 212 Å². The molecule has 0 amide bonds. The van der Waals surface area contributed by atoms with E-state index in [2.05, 4.69) is 0 Å². The van der Waals surface area contributed by atoms with Gasteiger partial charge in [0, 0.05) is 21.3 Å². The van der Waals surface area contributed by atoms with Crippen LogP contribution in [0.3, 0.4) is 0 Å². The summed E-state index contributed by atoms with van der Waals surface area (Å²) in [5.41, 5.74) is 0.106. The Bertz CT molecular complexity index is 3870. The summed E-state index contributed by atoms with van der Waals surface area (Å²) >= 11 is 0. The van der Waals surface area contributed by atoms with Gasteiger partial charge in [0.15, 0.2) is 49.6 Å². The van der Waals surface area contributed by atoms with E-state index in [1.54, 1.807) is 91.0 Å². The Morgan fingerprint density at radius 2 is 0.714 bits per heavy atom. The predicted molar refractivity (Wildman–Crippen MR) is 373 cm³/mol.